The lowest BCUT2D eigenvalue weighted by atomic mass is 9.94. The lowest BCUT2D eigenvalue weighted by Gasteiger charge is -2.31. The van der Waals surface area contributed by atoms with E-state index in [0.29, 0.717) is 0 Å². The van der Waals surface area contributed by atoms with Gasteiger partial charge >= 0.3 is 0 Å². The van der Waals surface area contributed by atoms with Crippen molar-refractivity contribution in [2.75, 3.05) is 18.5 Å². The predicted octanol–water partition coefficient (Wildman–Crippen LogP) is 1.99. The lowest BCUT2D eigenvalue weighted by molar-refractivity contribution is 0.173. The second-order valence-corrected chi connectivity index (χ2v) is 4.79. The Hall–Kier alpha value is -1.13. The molecule has 0 saturated carbocycles. The van der Waals surface area contributed by atoms with E-state index in [2.05, 4.69) is 28.3 Å². The number of nitrogens with zero attached hydrogens (tertiary/aromatic N) is 2. The Morgan fingerprint density at radius 2 is 2.18 bits per heavy atom. The van der Waals surface area contributed by atoms with Crippen molar-refractivity contribution in [1.29, 1.82) is 0 Å². The first-order valence-corrected chi connectivity index (χ1v) is 6.46. The summed E-state index contributed by atoms with van der Waals surface area (Å²) >= 11 is 0. The number of pyridine rings is 1. The number of piperidine rings is 1. The topological polar surface area (TPSA) is 54.2 Å². The van der Waals surface area contributed by atoms with Gasteiger partial charge in [0.2, 0.25) is 0 Å². The molecule has 1 aromatic heterocycles. The fraction of sp³-hybridized carbons (Fsp3) is 0.615. The number of anilines is 1. The standard InChI is InChI=1S/C13H22N4/c1-2-11-6-8-17(9-7-11)10-12-4-3-5-13(15-12)16-14/h3-5,11H,2,6-10,14H2,1H3,(H,15,16). The summed E-state index contributed by atoms with van der Waals surface area (Å²) in [5, 5.41) is 0. The van der Waals surface area contributed by atoms with Crippen LogP contribution in [-0.2, 0) is 6.54 Å². The Morgan fingerprint density at radius 3 is 2.82 bits per heavy atom. The molecule has 17 heavy (non-hydrogen) atoms. The summed E-state index contributed by atoms with van der Waals surface area (Å²) in [5.74, 6) is 7.03. The number of hydrogen-bond acceptors (Lipinski definition) is 4. The Balaban J connectivity index is 1.88. The van der Waals surface area contributed by atoms with Crippen LogP contribution < -0.4 is 11.3 Å². The van der Waals surface area contributed by atoms with Crippen molar-refractivity contribution in [3.63, 3.8) is 0 Å². The number of hydrazine groups is 1. The van der Waals surface area contributed by atoms with E-state index in [0.717, 1.165) is 24.0 Å². The van der Waals surface area contributed by atoms with Crippen LogP contribution in [0.1, 0.15) is 31.9 Å². The van der Waals surface area contributed by atoms with Crippen molar-refractivity contribution in [1.82, 2.24) is 9.88 Å². The highest BCUT2D eigenvalue weighted by Crippen LogP contribution is 2.21. The minimum Gasteiger partial charge on any atom is -0.308 e. The SMILES string of the molecule is CCC1CCN(Cc2cccc(NN)n2)CC1. The summed E-state index contributed by atoms with van der Waals surface area (Å²) in [6.07, 6.45) is 3.97. The maximum Gasteiger partial charge on any atom is 0.140 e. The Labute approximate surface area is 103 Å². The Kier molecular flexibility index (Phi) is 4.34. The van der Waals surface area contributed by atoms with E-state index in [1.807, 2.05) is 12.1 Å². The molecule has 0 bridgehead atoms. The molecular formula is C13H22N4. The van der Waals surface area contributed by atoms with Gasteiger partial charge in [-0.3, -0.25) is 4.90 Å². The van der Waals surface area contributed by atoms with E-state index >= 15 is 0 Å². The van der Waals surface area contributed by atoms with Gasteiger partial charge in [0.15, 0.2) is 0 Å². The van der Waals surface area contributed by atoms with E-state index in [1.165, 1.54) is 32.4 Å². The van der Waals surface area contributed by atoms with Gasteiger partial charge in [0.05, 0.1) is 5.69 Å². The molecule has 2 rings (SSSR count). The molecule has 1 aliphatic heterocycles. The third-order valence-electron chi connectivity index (χ3n) is 3.62. The molecule has 94 valence electrons. The van der Waals surface area contributed by atoms with Gasteiger partial charge in [-0.05, 0) is 44.0 Å². The lowest BCUT2D eigenvalue weighted by Crippen LogP contribution is -2.33. The number of hydrogen-bond donors (Lipinski definition) is 2. The van der Waals surface area contributed by atoms with Gasteiger partial charge in [0.25, 0.3) is 0 Å². The summed E-state index contributed by atoms with van der Waals surface area (Å²) in [6, 6.07) is 5.94. The Morgan fingerprint density at radius 1 is 1.41 bits per heavy atom. The maximum absolute atomic E-state index is 5.36. The molecule has 2 heterocycles. The molecule has 0 atom stereocenters. The van der Waals surface area contributed by atoms with Gasteiger partial charge in [0.1, 0.15) is 5.82 Å². The first-order chi connectivity index (χ1) is 8.31. The van der Waals surface area contributed by atoms with Crippen molar-refractivity contribution >= 4 is 5.82 Å². The van der Waals surface area contributed by atoms with Crippen LogP contribution in [0.3, 0.4) is 0 Å². The minimum atomic E-state index is 0.742. The zero-order chi connectivity index (χ0) is 12.1. The smallest absolute Gasteiger partial charge is 0.140 e. The van der Waals surface area contributed by atoms with Crippen molar-refractivity contribution in [2.45, 2.75) is 32.7 Å². The Bertz CT molecular complexity index is 345. The zero-order valence-electron chi connectivity index (χ0n) is 10.5. The van der Waals surface area contributed by atoms with Crippen LogP contribution in [0.4, 0.5) is 5.82 Å². The van der Waals surface area contributed by atoms with Gasteiger partial charge in [-0.25, -0.2) is 10.8 Å². The first-order valence-electron chi connectivity index (χ1n) is 6.46. The summed E-state index contributed by atoms with van der Waals surface area (Å²) in [7, 11) is 0. The highest BCUT2D eigenvalue weighted by atomic mass is 15.3. The quantitative estimate of drug-likeness (QED) is 0.618. The van der Waals surface area contributed by atoms with Crippen LogP contribution in [0.25, 0.3) is 0 Å². The first kappa shape index (κ1) is 12.3. The third kappa shape index (κ3) is 3.41. The molecule has 1 aliphatic rings. The molecule has 1 saturated heterocycles. The minimum absolute atomic E-state index is 0.742. The van der Waals surface area contributed by atoms with Crippen LogP contribution in [0, 0.1) is 5.92 Å². The summed E-state index contributed by atoms with van der Waals surface area (Å²) in [6.45, 7) is 5.62. The highest BCUT2D eigenvalue weighted by Gasteiger charge is 2.17. The molecule has 0 aliphatic carbocycles. The van der Waals surface area contributed by atoms with E-state index in [-0.39, 0.29) is 0 Å². The zero-order valence-corrected chi connectivity index (χ0v) is 10.5. The number of nitrogens with two attached hydrogens (primary N) is 1. The van der Waals surface area contributed by atoms with Crippen molar-refractivity contribution < 1.29 is 0 Å². The van der Waals surface area contributed by atoms with Crippen LogP contribution in [0.5, 0.6) is 0 Å². The number of rotatable bonds is 4. The van der Waals surface area contributed by atoms with Crippen LogP contribution in [-0.4, -0.2) is 23.0 Å². The van der Waals surface area contributed by atoms with Crippen LogP contribution >= 0.6 is 0 Å². The van der Waals surface area contributed by atoms with Gasteiger partial charge in [-0.1, -0.05) is 19.4 Å². The van der Waals surface area contributed by atoms with Gasteiger partial charge in [0, 0.05) is 6.54 Å². The fourth-order valence-corrected chi connectivity index (χ4v) is 2.43. The van der Waals surface area contributed by atoms with Gasteiger partial charge in [-0.2, -0.15) is 0 Å². The molecule has 3 N–H and O–H groups in total. The van der Waals surface area contributed by atoms with E-state index in [4.69, 9.17) is 5.84 Å². The average Bonchev–Trinajstić information content (AvgIpc) is 2.40. The van der Waals surface area contributed by atoms with Crippen molar-refractivity contribution in [3.05, 3.63) is 23.9 Å². The summed E-state index contributed by atoms with van der Waals surface area (Å²) in [5.41, 5.74) is 3.68. The number of aromatic nitrogens is 1. The van der Waals surface area contributed by atoms with Gasteiger partial charge in [-0.15, -0.1) is 0 Å². The predicted molar refractivity (Wildman–Crippen MR) is 70.3 cm³/mol. The second kappa shape index (κ2) is 5.98. The number of likely N-dealkylation sites (tertiary alicyclic amines) is 1. The molecule has 0 unspecified atom stereocenters. The molecule has 0 radical (unpaired) electrons. The average molecular weight is 234 g/mol. The number of nitrogen functional groups attached to an aromatic ring is 1. The maximum atomic E-state index is 5.36. The molecule has 0 aromatic carbocycles. The fourth-order valence-electron chi connectivity index (χ4n) is 2.43. The molecule has 0 amide bonds. The number of nitrogens with one attached hydrogen (secondary N) is 1. The van der Waals surface area contributed by atoms with Crippen LogP contribution in [0.2, 0.25) is 0 Å². The normalized spacial score (nSPS) is 18.2. The molecule has 1 fully saturated rings. The highest BCUT2D eigenvalue weighted by molar-refractivity contribution is 5.33. The van der Waals surface area contributed by atoms with Crippen LogP contribution in [0.15, 0.2) is 18.2 Å². The molecule has 0 spiro atoms. The van der Waals surface area contributed by atoms with E-state index in [9.17, 15) is 0 Å². The van der Waals surface area contributed by atoms with E-state index in [1.54, 1.807) is 0 Å². The monoisotopic (exact) mass is 234 g/mol. The largest absolute Gasteiger partial charge is 0.308 e. The van der Waals surface area contributed by atoms with Crippen molar-refractivity contribution in [3.8, 4) is 0 Å². The summed E-state index contributed by atoms with van der Waals surface area (Å²) in [4.78, 5) is 6.93. The van der Waals surface area contributed by atoms with Crippen molar-refractivity contribution in [2.24, 2.45) is 11.8 Å². The molecule has 4 heteroatoms. The molecule has 4 nitrogen and oxygen atoms in total. The van der Waals surface area contributed by atoms with E-state index < -0.39 is 0 Å². The summed E-state index contributed by atoms with van der Waals surface area (Å²) < 4.78 is 0. The van der Waals surface area contributed by atoms with Gasteiger partial charge < -0.3 is 5.43 Å². The molecular weight excluding hydrogens is 212 g/mol. The molecule has 1 aromatic rings. The third-order valence-corrected chi connectivity index (χ3v) is 3.62. The second-order valence-electron chi connectivity index (χ2n) is 4.79.